The second-order valence-corrected chi connectivity index (χ2v) is 2.81. The maximum atomic E-state index is 10.6. The molecule has 1 rings (SSSR count). The minimum absolute atomic E-state index is 0.344. The summed E-state index contributed by atoms with van der Waals surface area (Å²) < 4.78 is 9.72. The molecule has 0 radical (unpaired) electrons. The van der Waals surface area contributed by atoms with Gasteiger partial charge in [-0.25, -0.2) is 4.79 Å². The molecular formula is C7H6BrNO3. The van der Waals surface area contributed by atoms with Crippen molar-refractivity contribution in [1.29, 1.82) is 0 Å². The van der Waals surface area contributed by atoms with Gasteiger partial charge in [0, 0.05) is 10.7 Å². The molecule has 0 amide bonds. The molecule has 0 aromatic carbocycles. The van der Waals surface area contributed by atoms with E-state index in [4.69, 9.17) is 4.74 Å². The van der Waals surface area contributed by atoms with E-state index in [-0.39, 0.29) is 0 Å². The van der Waals surface area contributed by atoms with Crippen LogP contribution in [0.4, 0.5) is 4.79 Å². The zero-order valence-corrected chi connectivity index (χ0v) is 7.87. The fraction of sp³-hybridized carbons (Fsp3) is 0.143. The summed E-state index contributed by atoms with van der Waals surface area (Å²) in [5, 5.41) is 0. The number of pyridine rings is 1. The molecule has 5 heteroatoms. The Labute approximate surface area is 77.6 Å². The van der Waals surface area contributed by atoms with Crippen molar-refractivity contribution in [1.82, 2.24) is 4.98 Å². The summed E-state index contributed by atoms with van der Waals surface area (Å²) in [4.78, 5) is 14.4. The fourth-order valence-electron chi connectivity index (χ4n) is 0.586. The van der Waals surface area contributed by atoms with Crippen LogP contribution < -0.4 is 4.74 Å². The number of carbonyl (C=O) groups is 1. The number of ether oxygens (including phenoxy) is 2. The summed E-state index contributed by atoms with van der Waals surface area (Å²) in [6, 6.07) is 1.62. The van der Waals surface area contributed by atoms with Crippen molar-refractivity contribution in [3.63, 3.8) is 0 Å². The Morgan fingerprint density at radius 3 is 2.92 bits per heavy atom. The lowest BCUT2D eigenvalue weighted by Crippen LogP contribution is -2.07. The molecule has 0 aliphatic carbocycles. The molecule has 1 aromatic heterocycles. The number of nitrogens with zero attached hydrogens (tertiary/aromatic N) is 1. The second kappa shape index (κ2) is 4.06. The fourth-order valence-corrected chi connectivity index (χ4v) is 0.930. The summed E-state index contributed by atoms with van der Waals surface area (Å²) in [6.07, 6.45) is 2.25. The maximum Gasteiger partial charge on any atom is 0.513 e. The molecule has 12 heavy (non-hydrogen) atoms. The van der Waals surface area contributed by atoms with Crippen molar-refractivity contribution in [3.05, 3.63) is 22.9 Å². The Morgan fingerprint density at radius 2 is 2.33 bits per heavy atom. The first-order valence-corrected chi connectivity index (χ1v) is 3.88. The highest BCUT2D eigenvalue weighted by Gasteiger charge is 2.03. The van der Waals surface area contributed by atoms with Crippen LogP contribution in [-0.4, -0.2) is 18.2 Å². The molecule has 0 saturated carbocycles. The molecule has 1 heterocycles. The largest absolute Gasteiger partial charge is 0.513 e. The van der Waals surface area contributed by atoms with Crippen LogP contribution in [0.25, 0.3) is 0 Å². The van der Waals surface area contributed by atoms with Gasteiger partial charge in [-0.2, -0.15) is 0 Å². The lowest BCUT2D eigenvalue weighted by molar-refractivity contribution is 0.121. The Morgan fingerprint density at radius 1 is 1.58 bits per heavy atom. The Balaban J connectivity index is 2.69. The smallest absolute Gasteiger partial charge is 0.437 e. The van der Waals surface area contributed by atoms with Gasteiger partial charge < -0.3 is 9.47 Å². The van der Waals surface area contributed by atoms with Crippen molar-refractivity contribution in [2.75, 3.05) is 7.11 Å². The molecule has 0 bridgehead atoms. The van der Waals surface area contributed by atoms with Gasteiger partial charge in [0.2, 0.25) is 0 Å². The van der Waals surface area contributed by atoms with E-state index in [0.29, 0.717) is 5.75 Å². The molecule has 4 nitrogen and oxygen atoms in total. The van der Waals surface area contributed by atoms with Crippen LogP contribution in [0.2, 0.25) is 0 Å². The summed E-state index contributed by atoms with van der Waals surface area (Å²) in [5.74, 6) is 0.344. The van der Waals surface area contributed by atoms with Gasteiger partial charge in [-0.3, -0.25) is 4.98 Å². The monoisotopic (exact) mass is 231 g/mol. The summed E-state index contributed by atoms with van der Waals surface area (Å²) in [5.41, 5.74) is 0. The Hall–Kier alpha value is -1.10. The van der Waals surface area contributed by atoms with Gasteiger partial charge in [-0.15, -0.1) is 0 Å². The number of halogens is 1. The molecule has 0 aliphatic rings. The lowest BCUT2D eigenvalue weighted by atomic mass is 10.5. The number of hydrogen-bond acceptors (Lipinski definition) is 4. The molecular weight excluding hydrogens is 226 g/mol. The van der Waals surface area contributed by atoms with Crippen LogP contribution in [0.3, 0.4) is 0 Å². The van der Waals surface area contributed by atoms with E-state index in [1.54, 1.807) is 12.3 Å². The van der Waals surface area contributed by atoms with Crippen molar-refractivity contribution in [3.8, 4) is 5.75 Å². The number of aromatic nitrogens is 1. The van der Waals surface area contributed by atoms with Crippen molar-refractivity contribution in [2.24, 2.45) is 0 Å². The lowest BCUT2D eigenvalue weighted by Gasteiger charge is -2.00. The van der Waals surface area contributed by atoms with Crippen LogP contribution in [0.1, 0.15) is 0 Å². The zero-order valence-electron chi connectivity index (χ0n) is 6.28. The van der Waals surface area contributed by atoms with Crippen molar-refractivity contribution >= 4 is 22.1 Å². The topological polar surface area (TPSA) is 48.4 Å². The number of hydrogen-bond donors (Lipinski definition) is 0. The van der Waals surface area contributed by atoms with E-state index < -0.39 is 6.16 Å². The van der Waals surface area contributed by atoms with Gasteiger partial charge in [-0.05, 0) is 22.0 Å². The minimum atomic E-state index is -0.755. The highest BCUT2D eigenvalue weighted by Crippen LogP contribution is 2.15. The van der Waals surface area contributed by atoms with Gasteiger partial charge in [0.1, 0.15) is 0 Å². The van der Waals surface area contributed by atoms with E-state index in [1.807, 2.05) is 0 Å². The minimum Gasteiger partial charge on any atom is -0.437 e. The van der Waals surface area contributed by atoms with E-state index in [1.165, 1.54) is 13.3 Å². The SMILES string of the molecule is COC(=O)Oc1cncc(Br)c1. The molecule has 0 N–H and O–H groups in total. The maximum absolute atomic E-state index is 10.6. The van der Waals surface area contributed by atoms with E-state index in [9.17, 15) is 4.79 Å². The highest BCUT2D eigenvalue weighted by molar-refractivity contribution is 9.10. The van der Waals surface area contributed by atoms with E-state index >= 15 is 0 Å². The standard InChI is InChI=1S/C7H6BrNO3/c1-11-7(10)12-6-2-5(8)3-9-4-6/h2-4H,1H3. The highest BCUT2D eigenvalue weighted by atomic mass is 79.9. The predicted octanol–water partition coefficient (Wildman–Crippen LogP) is 1.99. The molecule has 0 atom stereocenters. The van der Waals surface area contributed by atoms with Gasteiger partial charge in [-0.1, -0.05) is 0 Å². The third-order valence-electron chi connectivity index (χ3n) is 1.05. The van der Waals surface area contributed by atoms with Crippen LogP contribution >= 0.6 is 15.9 Å². The number of carbonyl (C=O) groups excluding carboxylic acids is 1. The van der Waals surface area contributed by atoms with Gasteiger partial charge in [0.25, 0.3) is 0 Å². The average molecular weight is 232 g/mol. The van der Waals surface area contributed by atoms with Crippen LogP contribution in [0.15, 0.2) is 22.9 Å². The molecule has 1 aromatic rings. The average Bonchev–Trinajstić information content (AvgIpc) is 2.04. The molecule has 0 saturated heterocycles. The van der Waals surface area contributed by atoms with Gasteiger partial charge >= 0.3 is 6.16 Å². The van der Waals surface area contributed by atoms with Crippen molar-refractivity contribution in [2.45, 2.75) is 0 Å². The number of methoxy groups -OCH3 is 1. The third kappa shape index (κ3) is 2.50. The summed E-state index contributed by atoms with van der Waals surface area (Å²) in [6.45, 7) is 0. The quantitative estimate of drug-likeness (QED) is 0.694. The molecule has 0 aliphatic heterocycles. The van der Waals surface area contributed by atoms with E-state index in [0.717, 1.165) is 4.47 Å². The zero-order chi connectivity index (χ0) is 8.97. The molecule has 0 unspecified atom stereocenters. The molecule has 0 spiro atoms. The third-order valence-corrected chi connectivity index (χ3v) is 1.48. The first-order valence-electron chi connectivity index (χ1n) is 3.08. The van der Waals surface area contributed by atoms with Gasteiger partial charge in [0.15, 0.2) is 5.75 Å². The summed E-state index contributed by atoms with van der Waals surface area (Å²) in [7, 11) is 1.24. The first kappa shape index (κ1) is 8.99. The second-order valence-electron chi connectivity index (χ2n) is 1.90. The predicted molar refractivity (Wildman–Crippen MR) is 45.0 cm³/mol. The van der Waals surface area contributed by atoms with Crippen LogP contribution in [0.5, 0.6) is 5.75 Å². The van der Waals surface area contributed by atoms with Crippen molar-refractivity contribution < 1.29 is 14.3 Å². The van der Waals surface area contributed by atoms with Crippen LogP contribution in [0, 0.1) is 0 Å². The Kier molecular flexibility index (Phi) is 3.04. The summed E-state index contributed by atoms with van der Waals surface area (Å²) >= 11 is 3.18. The number of rotatable bonds is 1. The van der Waals surface area contributed by atoms with Crippen LogP contribution in [-0.2, 0) is 4.74 Å². The van der Waals surface area contributed by atoms with Gasteiger partial charge in [0.05, 0.1) is 13.3 Å². The molecule has 0 fully saturated rings. The first-order chi connectivity index (χ1) is 5.72. The molecule has 64 valence electrons. The van der Waals surface area contributed by atoms with E-state index in [2.05, 4.69) is 25.7 Å². The Bertz CT molecular complexity index is 290. The normalized spacial score (nSPS) is 9.17.